The zero-order chi connectivity index (χ0) is 14.4. The van der Waals surface area contributed by atoms with Gasteiger partial charge in [0.2, 0.25) is 0 Å². The largest absolute Gasteiger partial charge is 0.466 e. The van der Waals surface area contributed by atoms with Crippen LogP contribution in [-0.2, 0) is 9.53 Å². The Labute approximate surface area is 114 Å². The van der Waals surface area contributed by atoms with Crippen molar-refractivity contribution in [1.82, 2.24) is 4.90 Å². The van der Waals surface area contributed by atoms with E-state index in [0.29, 0.717) is 18.7 Å². The maximum atomic E-state index is 12.3. The first-order valence-corrected chi connectivity index (χ1v) is 6.44. The number of carbonyl (C=O) groups is 2. The third kappa shape index (κ3) is 4.09. The highest BCUT2D eigenvalue weighted by Crippen LogP contribution is 2.15. The Bertz CT molecular complexity index is 448. The predicted octanol–water partition coefficient (Wildman–Crippen LogP) is 2.33. The molecule has 0 radical (unpaired) electrons. The lowest BCUT2D eigenvalue weighted by Gasteiger charge is -2.19. The number of hydrogen-bond donors (Lipinski definition) is 0. The van der Waals surface area contributed by atoms with Gasteiger partial charge >= 0.3 is 5.97 Å². The molecule has 0 saturated heterocycles. The molecule has 1 amide bonds. The Kier molecular flexibility index (Phi) is 5.55. The molecule has 19 heavy (non-hydrogen) atoms. The Morgan fingerprint density at radius 2 is 1.79 bits per heavy atom. The Hall–Kier alpha value is -1.84. The maximum absolute atomic E-state index is 12.3. The fraction of sp³-hybridized carbons (Fsp3) is 0.467. The number of amides is 1. The zero-order valence-corrected chi connectivity index (χ0v) is 12.0. The summed E-state index contributed by atoms with van der Waals surface area (Å²) in [5.74, 6) is -0.330. The van der Waals surface area contributed by atoms with Crippen molar-refractivity contribution in [2.75, 3.05) is 20.2 Å². The highest BCUT2D eigenvalue weighted by molar-refractivity contribution is 5.97. The lowest BCUT2D eigenvalue weighted by atomic mass is 10.0. The van der Waals surface area contributed by atoms with Crippen LogP contribution in [0.5, 0.6) is 0 Å². The quantitative estimate of drug-likeness (QED) is 0.766. The molecule has 0 aliphatic carbocycles. The van der Waals surface area contributed by atoms with Gasteiger partial charge in [-0.3, -0.25) is 9.59 Å². The lowest BCUT2D eigenvalue weighted by molar-refractivity contribution is -0.143. The van der Waals surface area contributed by atoms with Gasteiger partial charge in [0.1, 0.15) is 0 Å². The third-order valence-corrected chi connectivity index (χ3v) is 3.00. The van der Waals surface area contributed by atoms with Gasteiger partial charge in [0.15, 0.2) is 0 Å². The van der Waals surface area contributed by atoms with Gasteiger partial charge in [-0.1, -0.05) is 18.2 Å². The smallest absolute Gasteiger partial charge is 0.307 e. The second kappa shape index (κ2) is 6.92. The maximum Gasteiger partial charge on any atom is 0.307 e. The van der Waals surface area contributed by atoms with Gasteiger partial charge < -0.3 is 9.64 Å². The van der Waals surface area contributed by atoms with Crippen molar-refractivity contribution < 1.29 is 14.3 Å². The van der Waals surface area contributed by atoms with Crippen molar-refractivity contribution in [3.8, 4) is 0 Å². The van der Waals surface area contributed by atoms with Crippen molar-refractivity contribution in [1.29, 1.82) is 0 Å². The third-order valence-electron chi connectivity index (χ3n) is 3.00. The van der Waals surface area contributed by atoms with Crippen molar-refractivity contribution in [3.63, 3.8) is 0 Å². The monoisotopic (exact) mass is 263 g/mol. The molecule has 0 unspecified atom stereocenters. The minimum atomic E-state index is -0.274. The van der Waals surface area contributed by atoms with Gasteiger partial charge in [0.05, 0.1) is 13.0 Å². The fourth-order valence-corrected chi connectivity index (χ4v) is 1.94. The van der Waals surface area contributed by atoms with Gasteiger partial charge in [0, 0.05) is 19.2 Å². The molecule has 0 spiro atoms. The molecule has 0 aliphatic rings. The number of rotatable bonds is 5. The lowest BCUT2D eigenvalue weighted by Crippen LogP contribution is -2.30. The Morgan fingerprint density at radius 1 is 1.21 bits per heavy atom. The molecular formula is C15H21NO3. The van der Waals surface area contributed by atoms with Gasteiger partial charge in [-0.2, -0.15) is 0 Å². The first-order valence-electron chi connectivity index (χ1n) is 6.44. The summed E-state index contributed by atoms with van der Waals surface area (Å²) in [7, 11) is 1.70. The van der Waals surface area contributed by atoms with Gasteiger partial charge in [-0.15, -0.1) is 0 Å². The number of benzene rings is 1. The SMILES string of the molecule is CCOC(=O)CCN(C)C(=O)c1c(C)cccc1C. The van der Waals surface area contributed by atoms with E-state index in [0.717, 1.165) is 11.1 Å². The number of esters is 1. The van der Waals surface area contributed by atoms with Gasteiger partial charge in [0.25, 0.3) is 5.91 Å². The number of hydrogen-bond acceptors (Lipinski definition) is 3. The normalized spacial score (nSPS) is 10.1. The minimum Gasteiger partial charge on any atom is -0.466 e. The summed E-state index contributed by atoms with van der Waals surface area (Å²) in [6.45, 7) is 6.33. The molecule has 1 aromatic rings. The molecular weight excluding hydrogens is 242 g/mol. The molecule has 0 aromatic heterocycles. The molecule has 0 bridgehead atoms. The highest BCUT2D eigenvalue weighted by atomic mass is 16.5. The van der Waals surface area contributed by atoms with Crippen molar-refractivity contribution in [2.24, 2.45) is 0 Å². The first kappa shape index (κ1) is 15.2. The van der Waals surface area contributed by atoms with Crippen LogP contribution in [0.15, 0.2) is 18.2 Å². The number of aryl methyl sites for hydroxylation is 2. The molecule has 1 aromatic carbocycles. The second-order valence-electron chi connectivity index (χ2n) is 4.55. The van der Waals surface area contributed by atoms with E-state index >= 15 is 0 Å². The van der Waals surface area contributed by atoms with E-state index in [2.05, 4.69) is 0 Å². The van der Waals surface area contributed by atoms with Crippen LogP contribution >= 0.6 is 0 Å². The fourth-order valence-electron chi connectivity index (χ4n) is 1.94. The summed E-state index contributed by atoms with van der Waals surface area (Å²) < 4.78 is 4.85. The summed E-state index contributed by atoms with van der Waals surface area (Å²) in [4.78, 5) is 25.2. The minimum absolute atomic E-state index is 0.0556. The van der Waals surface area contributed by atoms with Crippen molar-refractivity contribution >= 4 is 11.9 Å². The van der Waals surface area contributed by atoms with Crippen LogP contribution in [0, 0.1) is 13.8 Å². The van der Waals surface area contributed by atoms with E-state index in [1.54, 1.807) is 18.9 Å². The summed E-state index contributed by atoms with van der Waals surface area (Å²) in [6.07, 6.45) is 0.223. The van der Waals surface area contributed by atoms with Crippen LogP contribution in [0.4, 0.5) is 0 Å². The molecule has 0 fully saturated rings. The van der Waals surface area contributed by atoms with Crippen LogP contribution < -0.4 is 0 Å². The van der Waals surface area contributed by atoms with E-state index < -0.39 is 0 Å². The molecule has 104 valence electrons. The molecule has 0 N–H and O–H groups in total. The molecule has 0 heterocycles. The van der Waals surface area contributed by atoms with Crippen LogP contribution in [-0.4, -0.2) is 37.0 Å². The Morgan fingerprint density at radius 3 is 2.32 bits per heavy atom. The van der Waals surface area contributed by atoms with Crippen molar-refractivity contribution in [3.05, 3.63) is 34.9 Å². The van der Waals surface area contributed by atoms with E-state index in [-0.39, 0.29) is 18.3 Å². The summed E-state index contributed by atoms with van der Waals surface area (Å²) >= 11 is 0. The summed E-state index contributed by atoms with van der Waals surface area (Å²) in [5, 5.41) is 0. The molecule has 0 aliphatic heterocycles. The summed E-state index contributed by atoms with van der Waals surface area (Å²) in [5.41, 5.74) is 2.62. The van der Waals surface area contributed by atoms with Gasteiger partial charge in [-0.05, 0) is 31.9 Å². The molecule has 4 heteroatoms. The summed E-state index contributed by atoms with van der Waals surface area (Å²) in [6, 6.07) is 5.76. The Balaban J connectivity index is 2.70. The topological polar surface area (TPSA) is 46.6 Å². The van der Waals surface area contributed by atoms with Crippen LogP contribution in [0.3, 0.4) is 0 Å². The van der Waals surface area contributed by atoms with Gasteiger partial charge in [-0.25, -0.2) is 0 Å². The van der Waals surface area contributed by atoms with E-state index in [1.165, 1.54) is 0 Å². The standard InChI is InChI=1S/C15H21NO3/c1-5-19-13(17)9-10-16(4)15(18)14-11(2)7-6-8-12(14)3/h6-8H,5,9-10H2,1-4H3. The zero-order valence-electron chi connectivity index (χ0n) is 12.0. The number of carbonyl (C=O) groups excluding carboxylic acids is 2. The predicted molar refractivity (Wildman–Crippen MR) is 74.1 cm³/mol. The molecule has 0 saturated carbocycles. The van der Waals surface area contributed by atoms with Crippen LogP contribution in [0.2, 0.25) is 0 Å². The second-order valence-corrected chi connectivity index (χ2v) is 4.55. The average Bonchev–Trinajstić information content (AvgIpc) is 2.36. The van der Waals surface area contributed by atoms with E-state index in [1.807, 2.05) is 32.0 Å². The number of nitrogens with zero attached hydrogens (tertiary/aromatic N) is 1. The van der Waals surface area contributed by atoms with E-state index in [9.17, 15) is 9.59 Å². The molecule has 0 atom stereocenters. The molecule has 4 nitrogen and oxygen atoms in total. The highest BCUT2D eigenvalue weighted by Gasteiger charge is 2.17. The number of ether oxygens (including phenoxy) is 1. The van der Waals surface area contributed by atoms with E-state index in [4.69, 9.17) is 4.74 Å². The first-order chi connectivity index (χ1) is 8.97. The molecule has 1 rings (SSSR count). The average molecular weight is 263 g/mol. The van der Waals surface area contributed by atoms with Crippen LogP contribution in [0.25, 0.3) is 0 Å². The van der Waals surface area contributed by atoms with Crippen LogP contribution in [0.1, 0.15) is 34.8 Å². The van der Waals surface area contributed by atoms with Crippen molar-refractivity contribution in [2.45, 2.75) is 27.2 Å².